The van der Waals surface area contributed by atoms with Crippen molar-refractivity contribution in [3.8, 4) is 11.3 Å². The zero-order valence-corrected chi connectivity index (χ0v) is 11.4. The second kappa shape index (κ2) is 5.36. The number of amides is 1. The first-order valence-corrected chi connectivity index (χ1v) is 6.57. The summed E-state index contributed by atoms with van der Waals surface area (Å²) in [6.45, 7) is 0.466. The van der Waals surface area contributed by atoms with Crippen LogP contribution in [0.4, 0.5) is 10.2 Å². The van der Waals surface area contributed by atoms with Gasteiger partial charge >= 0.3 is 7.12 Å². The van der Waals surface area contributed by atoms with E-state index in [-0.39, 0.29) is 34.1 Å². The first-order chi connectivity index (χ1) is 10.5. The molecule has 0 radical (unpaired) electrons. The zero-order valence-electron chi connectivity index (χ0n) is 11.4. The van der Waals surface area contributed by atoms with Crippen molar-refractivity contribution in [1.29, 1.82) is 0 Å². The molecule has 2 heterocycles. The number of carbonyl (C=O) groups is 1. The minimum Gasteiger partial charge on any atom is -0.422 e. The first-order valence-electron chi connectivity index (χ1n) is 6.57. The summed E-state index contributed by atoms with van der Waals surface area (Å²) in [6.07, 6.45) is 1.66. The Kier molecular flexibility index (Phi) is 3.51. The van der Waals surface area contributed by atoms with Crippen LogP contribution < -0.4 is 16.6 Å². The fourth-order valence-corrected chi connectivity index (χ4v) is 2.36. The van der Waals surface area contributed by atoms with Gasteiger partial charge in [-0.15, -0.1) is 0 Å². The summed E-state index contributed by atoms with van der Waals surface area (Å²) in [4.78, 5) is 19.4. The van der Waals surface area contributed by atoms with Crippen molar-refractivity contribution in [3.05, 3.63) is 35.3 Å². The Morgan fingerprint density at radius 3 is 2.82 bits per heavy atom. The molecule has 3 rings (SSSR count). The SMILES string of the molecule is Nc1ncc(B(O)O)nc1-c1cc2c(cc1F)C(=O)NCC2. The van der Waals surface area contributed by atoms with E-state index < -0.39 is 12.9 Å². The molecular formula is C13H12BFN4O3. The molecule has 1 aromatic carbocycles. The fourth-order valence-electron chi connectivity index (χ4n) is 2.36. The van der Waals surface area contributed by atoms with E-state index in [4.69, 9.17) is 15.8 Å². The van der Waals surface area contributed by atoms with Crippen LogP contribution in [-0.2, 0) is 6.42 Å². The van der Waals surface area contributed by atoms with Crippen LogP contribution in [-0.4, -0.2) is 39.6 Å². The van der Waals surface area contributed by atoms with E-state index in [1.54, 1.807) is 0 Å². The maximum absolute atomic E-state index is 14.3. The van der Waals surface area contributed by atoms with Crippen LogP contribution in [0.5, 0.6) is 0 Å². The number of halogens is 1. The molecule has 0 aliphatic carbocycles. The molecule has 0 unspecified atom stereocenters. The van der Waals surface area contributed by atoms with Crippen LogP contribution in [0.15, 0.2) is 18.3 Å². The number of nitrogens with two attached hydrogens (primary N) is 1. The third kappa shape index (κ3) is 2.40. The van der Waals surface area contributed by atoms with Gasteiger partial charge in [-0.2, -0.15) is 0 Å². The molecule has 0 atom stereocenters. The molecule has 0 saturated heterocycles. The number of nitrogens with one attached hydrogen (secondary N) is 1. The van der Waals surface area contributed by atoms with E-state index in [1.165, 1.54) is 6.07 Å². The van der Waals surface area contributed by atoms with Crippen LogP contribution in [0, 0.1) is 5.82 Å². The predicted octanol–water partition coefficient (Wildman–Crippen LogP) is -1.17. The van der Waals surface area contributed by atoms with Gasteiger partial charge in [0, 0.05) is 23.9 Å². The Labute approximate surface area is 125 Å². The molecule has 9 heteroatoms. The third-order valence-corrected chi connectivity index (χ3v) is 3.46. The number of benzene rings is 1. The number of rotatable bonds is 2. The van der Waals surface area contributed by atoms with Gasteiger partial charge in [-0.1, -0.05) is 0 Å². The van der Waals surface area contributed by atoms with Gasteiger partial charge in [0.2, 0.25) is 0 Å². The number of carbonyl (C=O) groups excluding carboxylic acids is 1. The maximum Gasteiger partial charge on any atom is 0.509 e. The molecule has 1 aromatic heterocycles. The van der Waals surface area contributed by atoms with E-state index in [0.717, 1.165) is 12.3 Å². The highest BCUT2D eigenvalue weighted by molar-refractivity contribution is 6.57. The molecule has 0 spiro atoms. The molecule has 22 heavy (non-hydrogen) atoms. The second-order valence-electron chi connectivity index (χ2n) is 4.90. The van der Waals surface area contributed by atoms with Gasteiger partial charge in [0.05, 0.1) is 5.59 Å². The summed E-state index contributed by atoms with van der Waals surface area (Å²) in [6, 6.07) is 2.62. The molecule has 1 aliphatic heterocycles. The minimum absolute atomic E-state index is 0.0110. The normalized spacial score (nSPS) is 13.5. The predicted molar refractivity (Wildman–Crippen MR) is 77.7 cm³/mol. The number of fused-ring (bicyclic) bond motifs is 1. The van der Waals surface area contributed by atoms with Gasteiger partial charge in [0.1, 0.15) is 17.3 Å². The van der Waals surface area contributed by atoms with E-state index >= 15 is 0 Å². The van der Waals surface area contributed by atoms with E-state index in [2.05, 4.69) is 15.3 Å². The van der Waals surface area contributed by atoms with Crippen LogP contribution >= 0.6 is 0 Å². The molecule has 0 fully saturated rings. The number of hydrogen-bond donors (Lipinski definition) is 4. The summed E-state index contributed by atoms with van der Waals surface area (Å²) in [5.41, 5.74) is 6.61. The molecule has 5 N–H and O–H groups in total. The van der Waals surface area contributed by atoms with Gasteiger partial charge < -0.3 is 21.1 Å². The van der Waals surface area contributed by atoms with Crippen molar-refractivity contribution in [2.75, 3.05) is 12.3 Å². The topological polar surface area (TPSA) is 121 Å². The lowest BCUT2D eigenvalue weighted by Gasteiger charge is -2.18. The first kappa shape index (κ1) is 14.4. The van der Waals surface area contributed by atoms with E-state index in [9.17, 15) is 9.18 Å². The standard InChI is InChI=1S/C13H12BFN4O3/c15-9-4-7-6(1-2-17-13(7)20)3-8(9)11-12(16)18-5-10(19-11)14(21)22/h3-5,21-22H,1-2H2,(H2,16,18)(H,17,20). The van der Waals surface area contributed by atoms with Gasteiger partial charge in [0.15, 0.2) is 0 Å². The van der Waals surface area contributed by atoms with Gasteiger partial charge in [0.25, 0.3) is 5.91 Å². The Hall–Kier alpha value is -2.52. The summed E-state index contributed by atoms with van der Waals surface area (Å²) in [7, 11) is -1.83. The molecule has 112 valence electrons. The average molecular weight is 302 g/mol. The lowest BCUT2D eigenvalue weighted by Crippen LogP contribution is -2.34. The number of anilines is 1. The summed E-state index contributed by atoms with van der Waals surface area (Å²) >= 11 is 0. The maximum atomic E-state index is 14.3. The van der Waals surface area contributed by atoms with Crippen LogP contribution in [0.25, 0.3) is 11.3 Å². The zero-order chi connectivity index (χ0) is 15.9. The van der Waals surface area contributed by atoms with Gasteiger partial charge in [-0.3, -0.25) is 9.78 Å². The van der Waals surface area contributed by atoms with Crippen LogP contribution in [0.2, 0.25) is 0 Å². The summed E-state index contributed by atoms with van der Waals surface area (Å²) < 4.78 is 14.3. The fraction of sp³-hybridized carbons (Fsp3) is 0.154. The second-order valence-corrected chi connectivity index (χ2v) is 4.90. The number of aromatic nitrogens is 2. The highest BCUT2D eigenvalue weighted by Crippen LogP contribution is 2.28. The van der Waals surface area contributed by atoms with Crippen molar-refractivity contribution in [2.45, 2.75) is 6.42 Å². The minimum atomic E-state index is -1.83. The van der Waals surface area contributed by atoms with Gasteiger partial charge in [-0.05, 0) is 24.1 Å². The molecule has 1 amide bonds. The van der Waals surface area contributed by atoms with Crippen molar-refractivity contribution in [1.82, 2.24) is 15.3 Å². The monoisotopic (exact) mass is 302 g/mol. The van der Waals surface area contributed by atoms with Crippen LogP contribution in [0.1, 0.15) is 15.9 Å². The van der Waals surface area contributed by atoms with Gasteiger partial charge in [-0.25, -0.2) is 9.37 Å². The summed E-state index contributed by atoms with van der Waals surface area (Å²) in [5.74, 6) is -1.05. The molecular weight excluding hydrogens is 290 g/mol. The highest BCUT2D eigenvalue weighted by atomic mass is 19.1. The number of hydrogen-bond acceptors (Lipinski definition) is 6. The third-order valence-electron chi connectivity index (χ3n) is 3.46. The number of nitrogen functional groups attached to an aromatic ring is 1. The molecule has 7 nitrogen and oxygen atoms in total. The smallest absolute Gasteiger partial charge is 0.422 e. The van der Waals surface area contributed by atoms with Crippen molar-refractivity contribution < 1.29 is 19.2 Å². The van der Waals surface area contributed by atoms with Crippen LogP contribution in [0.3, 0.4) is 0 Å². The van der Waals surface area contributed by atoms with Crippen molar-refractivity contribution >= 4 is 24.4 Å². The molecule has 0 bridgehead atoms. The highest BCUT2D eigenvalue weighted by Gasteiger charge is 2.23. The Balaban J connectivity index is 2.17. The van der Waals surface area contributed by atoms with Crippen molar-refractivity contribution in [2.24, 2.45) is 0 Å². The molecule has 1 aliphatic rings. The van der Waals surface area contributed by atoms with E-state index in [0.29, 0.717) is 18.5 Å². The lowest BCUT2D eigenvalue weighted by molar-refractivity contribution is 0.0945. The lowest BCUT2D eigenvalue weighted by atomic mass is 9.86. The number of nitrogens with zero attached hydrogens (tertiary/aromatic N) is 2. The Morgan fingerprint density at radius 1 is 1.32 bits per heavy atom. The quantitative estimate of drug-likeness (QED) is 0.519. The summed E-state index contributed by atoms with van der Waals surface area (Å²) in [5, 5.41) is 20.9. The average Bonchev–Trinajstić information content (AvgIpc) is 2.48. The Morgan fingerprint density at radius 2 is 2.09 bits per heavy atom. The van der Waals surface area contributed by atoms with Crippen molar-refractivity contribution in [3.63, 3.8) is 0 Å². The largest absolute Gasteiger partial charge is 0.509 e. The van der Waals surface area contributed by atoms with E-state index in [1.807, 2.05) is 0 Å². The molecule has 0 saturated carbocycles. The molecule has 2 aromatic rings. The Bertz CT molecular complexity index is 769.